The minimum atomic E-state index is -3.00. The van der Waals surface area contributed by atoms with E-state index in [-0.39, 0.29) is 29.7 Å². The van der Waals surface area contributed by atoms with Crippen LogP contribution in [-0.4, -0.2) is 56.5 Å². The molecule has 0 amide bonds. The summed E-state index contributed by atoms with van der Waals surface area (Å²) in [7, 11) is -1.22. The summed E-state index contributed by atoms with van der Waals surface area (Å²) >= 11 is 0. The van der Waals surface area contributed by atoms with Gasteiger partial charge in [-0.25, -0.2) is 8.42 Å². The van der Waals surface area contributed by atoms with Gasteiger partial charge >= 0.3 is 0 Å². The summed E-state index contributed by atoms with van der Waals surface area (Å²) in [6.45, 7) is 5.59. The standard InChI is InChI=1S/C16H31N3O2S.HI/c1-16(2)13-19(11-12-22(16,20)21)15(17-3)18-10-6-9-14-7-4-5-8-14;/h14H,4-13H2,1-3H3,(H,17,18);1H. The number of hydrogen-bond donors (Lipinski definition) is 1. The van der Waals surface area contributed by atoms with Gasteiger partial charge in [-0.15, -0.1) is 24.0 Å². The molecule has 0 bridgehead atoms. The SMILES string of the molecule is CN=C(NCCCC1CCCC1)N1CCS(=O)(=O)C(C)(C)C1.I. The van der Waals surface area contributed by atoms with Gasteiger partial charge in [0.25, 0.3) is 0 Å². The van der Waals surface area contributed by atoms with Crippen LogP contribution in [0.25, 0.3) is 0 Å². The summed E-state index contributed by atoms with van der Waals surface area (Å²) in [5, 5.41) is 3.41. The number of hydrogen-bond acceptors (Lipinski definition) is 3. The summed E-state index contributed by atoms with van der Waals surface area (Å²) in [5.74, 6) is 1.97. The molecule has 1 saturated heterocycles. The zero-order valence-electron chi connectivity index (χ0n) is 14.7. The number of nitrogens with zero attached hydrogens (tertiary/aromatic N) is 2. The van der Waals surface area contributed by atoms with Crippen molar-refractivity contribution in [1.29, 1.82) is 0 Å². The molecule has 0 unspecified atom stereocenters. The fourth-order valence-electron chi connectivity index (χ4n) is 3.55. The van der Waals surface area contributed by atoms with Gasteiger partial charge in [0.05, 0.1) is 10.5 Å². The van der Waals surface area contributed by atoms with E-state index in [1.165, 1.54) is 38.5 Å². The Morgan fingerprint density at radius 2 is 1.96 bits per heavy atom. The number of sulfone groups is 1. The number of guanidine groups is 1. The number of halogens is 1. The summed E-state index contributed by atoms with van der Waals surface area (Å²) < 4.78 is 23.5. The van der Waals surface area contributed by atoms with E-state index in [2.05, 4.69) is 15.2 Å². The molecule has 1 aliphatic heterocycles. The Bertz CT molecular complexity index is 499. The minimum absolute atomic E-state index is 0. The number of aliphatic imine (C=N–C) groups is 1. The molecule has 2 aliphatic rings. The second-order valence-corrected chi connectivity index (χ2v) is 10.0. The van der Waals surface area contributed by atoms with Crippen molar-refractivity contribution < 1.29 is 8.42 Å². The van der Waals surface area contributed by atoms with Crippen LogP contribution in [0.2, 0.25) is 0 Å². The van der Waals surface area contributed by atoms with Crippen molar-refractivity contribution in [2.75, 3.05) is 32.4 Å². The first-order chi connectivity index (χ1) is 10.4. The highest BCUT2D eigenvalue weighted by Crippen LogP contribution is 2.28. The monoisotopic (exact) mass is 457 g/mol. The Kier molecular flexibility index (Phi) is 8.10. The van der Waals surface area contributed by atoms with Crippen molar-refractivity contribution in [1.82, 2.24) is 10.2 Å². The molecule has 0 aromatic rings. The first kappa shape index (κ1) is 21.0. The van der Waals surface area contributed by atoms with Crippen LogP contribution in [0.5, 0.6) is 0 Å². The lowest BCUT2D eigenvalue weighted by Crippen LogP contribution is -2.57. The fraction of sp³-hybridized carbons (Fsp3) is 0.938. The van der Waals surface area contributed by atoms with Crippen LogP contribution in [-0.2, 0) is 9.84 Å². The van der Waals surface area contributed by atoms with E-state index in [4.69, 9.17) is 0 Å². The second-order valence-electron chi connectivity index (χ2n) is 7.27. The van der Waals surface area contributed by atoms with Gasteiger partial charge in [-0.05, 0) is 32.6 Å². The molecule has 0 spiro atoms. The zero-order chi connectivity index (χ0) is 16.2. The van der Waals surface area contributed by atoms with Crippen molar-refractivity contribution in [3.05, 3.63) is 0 Å². The third kappa shape index (κ3) is 5.47. The Labute approximate surface area is 158 Å². The second kappa shape index (κ2) is 8.87. The highest BCUT2D eigenvalue weighted by molar-refractivity contribution is 14.0. The maximum atomic E-state index is 12.1. The van der Waals surface area contributed by atoms with Gasteiger partial charge < -0.3 is 10.2 Å². The van der Waals surface area contributed by atoms with Crippen LogP contribution in [0.3, 0.4) is 0 Å². The molecular weight excluding hydrogens is 425 g/mol. The summed E-state index contributed by atoms with van der Waals surface area (Å²) in [5.41, 5.74) is 0. The molecule has 7 heteroatoms. The largest absolute Gasteiger partial charge is 0.356 e. The molecule has 1 aliphatic carbocycles. The number of nitrogens with one attached hydrogen (secondary N) is 1. The van der Waals surface area contributed by atoms with E-state index >= 15 is 0 Å². The van der Waals surface area contributed by atoms with Crippen LogP contribution in [0, 0.1) is 5.92 Å². The van der Waals surface area contributed by atoms with Gasteiger partial charge in [0, 0.05) is 26.7 Å². The first-order valence-electron chi connectivity index (χ1n) is 8.53. The summed E-state index contributed by atoms with van der Waals surface area (Å²) in [6.07, 6.45) is 8.05. The first-order valence-corrected chi connectivity index (χ1v) is 10.2. The highest BCUT2D eigenvalue weighted by Gasteiger charge is 2.40. The molecule has 0 radical (unpaired) electrons. The van der Waals surface area contributed by atoms with Crippen molar-refractivity contribution in [2.45, 2.75) is 57.1 Å². The van der Waals surface area contributed by atoms with Crippen LogP contribution in [0.1, 0.15) is 52.4 Å². The minimum Gasteiger partial charge on any atom is -0.356 e. The van der Waals surface area contributed by atoms with E-state index in [0.717, 1.165) is 18.4 Å². The number of rotatable bonds is 4. The predicted octanol–water partition coefficient (Wildman–Crippen LogP) is 2.66. The molecule has 2 rings (SSSR count). The lowest BCUT2D eigenvalue weighted by Gasteiger charge is -2.39. The molecule has 1 N–H and O–H groups in total. The summed E-state index contributed by atoms with van der Waals surface area (Å²) in [6, 6.07) is 0. The smallest absolute Gasteiger partial charge is 0.193 e. The van der Waals surface area contributed by atoms with E-state index < -0.39 is 14.6 Å². The quantitative estimate of drug-likeness (QED) is 0.305. The molecule has 136 valence electrons. The average molecular weight is 457 g/mol. The van der Waals surface area contributed by atoms with Gasteiger partial charge in [0.15, 0.2) is 15.8 Å². The predicted molar refractivity (Wildman–Crippen MR) is 107 cm³/mol. The van der Waals surface area contributed by atoms with Crippen molar-refractivity contribution in [3.8, 4) is 0 Å². The Morgan fingerprint density at radius 3 is 2.52 bits per heavy atom. The van der Waals surface area contributed by atoms with Gasteiger partial charge in [-0.1, -0.05) is 25.7 Å². The normalized spacial score (nSPS) is 24.3. The van der Waals surface area contributed by atoms with E-state index in [1.54, 1.807) is 7.05 Å². The van der Waals surface area contributed by atoms with Gasteiger partial charge in [0.1, 0.15) is 0 Å². The maximum Gasteiger partial charge on any atom is 0.193 e. The average Bonchev–Trinajstić information content (AvgIpc) is 2.95. The highest BCUT2D eigenvalue weighted by atomic mass is 127. The molecule has 0 atom stereocenters. The molecule has 23 heavy (non-hydrogen) atoms. The third-order valence-corrected chi connectivity index (χ3v) is 7.63. The van der Waals surface area contributed by atoms with Crippen molar-refractivity contribution >= 4 is 39.8 Å². The van der Waals surface area contributed by atoms with E-state index in [9.17, 15) is 8.42 Å². The van der Waals surface area contributed by atoms with Crippen molar-refractivity contribution in [3.63, 3.8) is 0 Å². The van der Waals surface area contributed by atoms with Gasteiger partial charge in [-0.3, -0.25) is 4.99 Å². The van der Waals surface area contributed by atoms with E-state index in [1.807, 2.05) is 13.8 Å². The van der Waals surface area contributed by atoms with Crippen LogP contribution >= 0.6 is 24.0 Å². The van der Waals surface area contributed by atoms with Crippen molar-refractivity contribution in [2.24, 2.45) is 10.9 Å². The van der Waals surface area contributed by atoms with E-state index in [0.29, 0.717) is 13.1 Å². The van der Waals surface area contributed by atoms with Gasteiger partial charge in [0.2, 0.25) is 0 Å². The molecule has 0 aromatic heterocycles. The topological polar surface area (TPSA) is 61.8 Å². The Morgan fingerprint density at radius 1 is 1.30 bits per heavy atom. The maximum absolute atomic E-state index is 12.1. The molecule has 5 nitrogen and oxygen atoms in total. The van der Waals surface area contributed by atoms with Crippen LogP contribution in [0.4, 0.5) is 0 Å². The summed E-state index contributed by atoms with van der Waals surface area (Å²) in [4.78, 5) is 6.41. The zero-order valence-corrected chi connectivity index (χ0v) is 17.8. The molecule has 1 heterocycles. The fourth-order valence-corrected chi connectivity index (χ4v) is 4.91. The Hall–Kier alpha value is -0.0500. The molecule has 1 saturated carbocycles. The molecule has 2 fully saturated rings. The molecule has 0 aromatic carbocycles. The molecular formula is C16H32IN3O2S. The van der Waals surface area contributed by atoms with Crippen LogP contribution in [0.15, 0.2) is 4.99 Å². The third-order valence-electron chi connectivity index (χ3n) is 5.10. The van der Waals surface area contributed by atoms with Gasteiger partial charge in [-0.2, -0.15) is 0 Å². The lowest BCUT2D eigenvalue weighted by atomic mass is 10.0. The Balaban J connectivity index is 0.00000264. The lowest BCUT2D eigenvalue weighted by molar-refractivity contribution is 0.352. The van der Waals surface area contributed by atoms with Crippen LogP contribution < -0.4 is 5.32 Å².